The summed E-state index contributed by atoms with van der Waals surface area (Å²) >= 11 is 1.38. The average Bonchev–Trinajstić information content (AvgIpc) is 3.24. The number of furan rings is 1. The van der Waals surface area contributed by atoms with E-state index in [2.05, 4.69) is 10.2 Å². The molecule has 130 valence electrons. The van der Waals surface area contributed by atoms with Crippen molar-refractivity contribution < 1.29 is 9.21 Å². The van der Waals surface area contributed by atoms with Crippen molar-refractivity contribution >= 4 is 17.7 Å². The molecule has 1 amide bonds. The number of carbonyl (C=O) groups is 1. The van der Waals surface area contributed by atoms with Crippen molar-refractivity contribution in [3.8, 4) is 11.4 Å². The van der Waals surface area contributed by atoms with Crippen LogP contribution in [0.2, 0.25) is 0 Å². The normalized spacial score (nSPS) is 10.8. The molecule has 0 spiro atoms. The maximum atomic E-state index is 11.9. The molecule has 3 rings (SSSR count). The maximum absolute atomic E-state index is 11.9. The van der Waals surface area contributed by atoms with E-state index in [9.17, 15) is 4.79 Å². The van der Waals surface area contributed by atoms with E-state index in [1.807, 2.05) is 47.9 Å². The van der Waals surface area contributed by atoms with Crippen molar-refractivity contribution in [2.24, 2.45) is 0 Å². The van der Waals surface area contributed by atoms with Crippen LogP contribution in [-0.4, -0.2) is 45.4 Å². The summed E-state index contributed by atoms with van der Waals surface area (Å²) in [4.78, 5) is 13.5. The minimum atomic E-state index is 0.0370. The van der Waals surface area contributed by atoms with E-state index >= 15 is 0 Å². The largest absolute Gasteiger partial charge is 0.467 e. The minimum Gasteiger partial charge on any atom is -0.467 e. The molecule has 0 N–H and O–H groups in total. The molecule has 0 aliphatic rings. The number of amides is 1. The van der Waals surface area contributed by atoms with Crippen LogP contribution in [0.3, 0.4) is 0 Å². The lowest BCUT2D eigenvalue weighted by molar-refractivity contribution is -0.125. The Morgan fingerprint density at radius 1 is 1.20 bits per heavy atom. The fourth-order valence-corrected chi connectivity index (χ4v) is 3.29. The molecule has 0 fully saturated rings. The second-order valence-corrected chi connectivity index (χ2v) is 6.81. The molecule has 25 heavy (non-hydrogen) atoms. The lowest BCUT2D eigenvalue weighted by Crippen LogP contribution is -2.23. The second kappa shape index (κ2) is 7.57. The zero-order chi connectivity index (χ0) is 17.8. The first-order valence-electron chi connectivity index (χ1n) is 7.91. The van der Waals surface area contributed by atoms with Gasteiger partial charge in [-0.05, 0) is 24.6 Å². The molecule has 0 unspecified atom stereocenters. The smallest absolute Gasteiger partial charge is 0.232 e. The summed E-state index contributed by atoms with van der Waals surface area (Å²) < 4.78 is 7.48. The Bertz CT molecular complexity index is 856. The Morgan fingerprint density at radius 3 is 2.68 bits per heavy atom. The zero-order valence-electron chi connectivity index (χ0n) is 14.5. The van der Waals surface area contributed by atoms with Crippen LogP contribution in [-0.2, 0) is 11.3 Å². The highest BCUT2D eigenvalue weighted by molar-refractivity contribution is 7.99. The molecule has 0 radical (unpaired) electrons. The number of aromatic nitrogens is 3. The first-order chi connectivity index (χ1) is 12.1. The predicted octanol–water partition coefficient (Wildman–Crippen LogP) is 3.08. The Kier molecular flexibility index (Phi) is 5.23. The summed E-state index contributed by atoms with van der Waals surface area (Å²) in [6.07, 6.45) is 1.65. The number of hydrogen-bond donors (Lipinski definition) is 0. The molecule has 3 aromatic rings. The van der Waals surface area contributed by atoms with Gasteiger partial charge in [-0.2, -0.15) is 0 Å². The van der Waals surface area contributed by atoms with Crippen LogP contribution in [0.25, 0.3) is 11.4 Å². The summed E-state index contributed by atoms with van der Waals surface area (Å²) in [5.74, 6) is 1.94. The van der Waals surface area contributed by atoms with Gasteiger partial charge in [-0.15, -0.1) is 10.2 Å². The number of thioether (sulfide) groups is 1. The van der Waals surface area contributed by atoms with Crippen molar-refractivity contribution in [1.82, 2.24) is 19.7 Å². The van der Waals surface area contributed by atoms with E-state index in [0.717, 1.165) is 22.7 Å². The zero-order valence-corrected chi connectivity index (χ0v) is 15.3. The van der Waals surface area contributed by atoms with Gasteiger partial charge in [0.2, 0.25) is 5.91 Å². The van der Waals surface area contributed by atoms with Crippen molar-refractivity contribution in [3.05, 3.63) is 54.0 Å². The van der Waals surface area contributed by atoms with E-state index in [-0.39, 0.29) is 5.91 Å². The Balaban J connectivity index is 1.95. The van der Waals surface area contributed by atoms with Gasteiger partial charge >= 0.3 is 0 Å². The summed E-state index contributed by atoms with van der Waals surface area (Å²) in [6.45, 7) is 2.56. The van der Waals surface area contributed by atoms with E-state index in [1.165, 1.54) is 11.8 Å². The highest BCUT2D eigenvalue weighted by atomic mass is 32.2. The maximum Gasteiger partial charge on any atom is 0.232 e. The van der Waals surface area contributed by atoms with Gasteiger partial charge < -0.3 is 9.32 Å². The highest BCUT2D eigenvalue weighted by Crippen LogP contribution is 2.27. The molecule has 7 heteroatoms. The number of hydrogen-bond acceptors (Lipinski definition) is 5. The molecular weight excluding hydrogens is 336 g/mol. The van der Waals surface area contributed by atoms with Crippen molar-refractivity contribution in [3.63, 3.8) is 0 Å². The van der Waals surface area contributed by atoms with Crippen molar-refractivity contribution in [1.29, 1.82) is 0 Å². The molecule has 0 bridgehead atoms. The van der Waals surface area contributed by atoms with E-state index in [4.69, 9.17) is 4.42 Å². The number of nitrogens with zero attached hydrogens (tertiary/aromatic N) is 4. The van der Waals surface area contributed by atoms with Crippen molar-refractivity contribution in [2.75, 3.05) is 19.8 Å². The van der Waals surface area contributed by atoms with Crippen LogP contribution < -0.4 is 0 Å². The molecule has 0 saturated heterocycles. The Morgan fingerprint density at radius 2 is 2.00 bits per heavy atom. The molecule has 0 aliphatic heterocycles. The number of aryl methyl sites for hydroxylation is 1. The van der Waals surface area contributed by atoms with Crippen LogP contribution in [0, 0.1) is 6.92 Å². The van der Waals surface area contributed by atoms with Gasteiger partial charge in [0.15, 0.2) is 11.0 Å². The highest BCUT2D eigenvalue weighted by Gasteiger charge is 2.18. The van der Waals surface area contributed by atoms with Crippen LogP contribution in [0.1, 0.15) is 11.3 Å². The number of rotatable bonds is 6. The van der Waals surface area contributed by atoms with E-state index in [0.29, 0.717) is 17.5 Å². The summed E-state index contributed by atoms with van der Waals surface area (Å²) in [5, 5.41) is 9.38. The molecule has 0 aliphatic carbocycles. The fourth-order valence-electron chi connectivity index (χ4n) is 2.37. The van der Waals surface area contributed by atoms with Gasteiger partial charge in [0, 0.05) is 19.7 Å². The van der Waals surface area contributed by atoms with Gasteiger partial charge in [0.1, 0.15) is 5.76 Å². The summed E-state index contributed by atoms with van der Waals surface area (Å²) in [5.41, 5.74) is 2.14. The van der Waals surface area contributed by atoms with Gasteiger partial charge in [0.05, 0.1) is 18.6 Å². The molecular formula is C18H20N4O2S. The van der Waals surface area contributed by atoms with Crippen LogP contribution in [0.15, 0.2) is 52.2 Å². The summed E-state index contributed by atoms with van der Waals surface area (Å²) in [6, 6.07) is 11.8. The SMILES string of the molecule is Cc1ccccc1-c1nnc(SCC(=O)N(C)C)n1Cc1ccco1. The minimum absolute atomic E-state index is 0.0370. The molecule has 1 aromatic carbocycles. The van der Waals surface area contributed by atoms with Gasteiger partial charge in [-0.25, -0.2) is 0 Å². The third kappa shape index (κ3) is 3.93. The van der Waals surface area contributed by atoms with Crippen LogP contribution in [0.5, 0.6) is 0 Å². The molecule has 2 heterocycles. The third-order valence-corrected chi connectivity index (χ3v) is 4.77. The molecule has 6 nitrogen and oxygen atoms in total. The lowest BCUT2D eigenvalue weighted by atomic mass is 10.1. The van der Waals surface area contributed by atoms with E-state index < -0.39 is 0 Å². The molecule has 0 atom stereocenters. The first kappa shape index (κ1) is 17.3. The standard InChI is InChI=1S/C18H20N4O2S/c1-13-7-4-5-9-15(13)17-19-20-18(25-12-16(23)21(2)3)22(17)11-14-8-6-10-24-14/h4-10H,11-12H2,1-3H3. The summed E-state index contributed by atoms with van der Waals surface area (Å²) in [7, 11) is 3.49. The van der Waals surface area contributed by atoms with E-state index in [1.54, 1.807) is 25.3 Å². The Labute approximate surface area is 150 Å². The average molecular weight is 356 g/mol. The quantitative estimate of drug-likeness (QED) is 0.635. The number of carbonyl (C=O) groups excluding carboxylic acids is 1. The van der Waals surface area contributed by atoms with Crippen molar-refractivity contribution in [2.45, 2.75) is 18.6 Å². The fraction of sp³-hybridized carbons (Fsp3) is 0.278. The monoisotopic (exact) mass is 356 g/mol. The van der Waals surface area contributed by atoms with Crippen LogP contribution >= 0.6 is 11.8 Å². The van der Waals surface area contributed by atoms with Gasteiger partial charge in [-0.3, -0.25) is 9.36 Å². The lowest BCUT2D eigenvalue weighted by Gasteiger charge is -2.12. The third-order valence-electron chi connectivity index (χ3n) is 3.82. The topological polar surface area (TPSA) is 64.2 Å². The first-order valence-corrected chi connectivity index (χ1v) is 8.89. The molecule has 0 saturated carbocycles. The van der Waals surface area contributed by atoms with Crippen LogP contribution in [0.4, 0.5) is 0 Å². The number of benzene rings is 1. The second-order valence-electron chi connectivity index (χ2n) is 5.86. The Hall–Kier alpha value is -2.54. The van der Waals surface area contributed by atoms with Gasteiger partial charge in [-0.1, -0.05) is 36.0 Å². The van der Waals surface area contributed by atoms with Gasteiger partial charge in [0.25, 0.3) is 0 Å². The predicted molar refractivity (Wildman–Crippen MR) is 97.4 cm³/mol. The molecule has 2 aromatic heterocycles.